The lowest BCUT2D eigenvalue weighted by atomic mass is 9.86. The first-order chi connectivity index (χ1) is 6.24. The highest BCUT2D eigenvalue weighted by Crippen LogP contribution is 2.30. The number of thioether (sulfide) groups is 1. The van der Waals surface area contributed by atoms with E-state index in [1.807, 2.05) is 11.8 Å². The van der Waals surface area contributed by atoms with Gasteiger partial charge in [0.05, 0.1) is 6.42 Å². The molecular formula is C9H16O3S. The van der Waals surface area contributed by atoms with Crippen molar-refractivity contribution in [3.05, 3.63) is 0 Å². The summed E-state index contributed by atoms with van der Waals surface area (Å²) in [5.41, 5.74) is 0. The Bertz CT molecular complexity index is 166. The van der Waals surface area contributed by atoms with E-state index in [1.54, 1.807) is 0 Å². The van der Waals surface area contributed by atoms with E-state index in [-0.39, 0.29) is 18.9 Å². The molecule has 4 heteroatoms. The van der Waals surface area contributed by atoms with Crippen molar-refractivity contribution in [1.82, 2.24) is 0 Å². The highest BCUT2D eigenvalue weighted by molar-refractivity contribution is 7.99. The molecule has 76 valence electrons. The first-order valence-corrected chi connectivity index (χ1v) is 5.80. The van der Waals surface area contributed by atoms with E-state index < -0.39 is 5.97 Å². The largest absolute Gasteiger partial charge is 0.481 e. The van der Waals surface area contributed by atoms with E-state index >= 15 is 0 Å². The van der Waals surface area contributed by atoms with Crippen LogP contribution in [0.4, 0.5) is 0 Å². The van der Waals surface area contributed by atoms with E-state index in [2.05, 4.69) is 0 Å². The number of aliphatic carboxylic acids is 1. The Morgan fingerprint density at radius 3 is 2.54 bits per heavy atom. The molecule has 0 spiro atoms. The highest BCUT2D eigenvalue weighted by atomic mass is 32.2. The zero-order valence-corrected chi connectivity index (χ0v) is 8.42. The molecule has 1 aliphatic rings. The summed E-state index contributed by atoms with van der Waals surface area (Å²) >= 11 is 1.92. The van der Waals surface area contributed by atoms with E-state index in [9.17, 15) is 4.79 Å². The van der Waals surface area contributed by atoms with Gasteiger partial charge in [-0.05, 0) is 36.2 Å². The van der Waals surface area contributed by atoms with Gasteiger partial charge in [-0.2, -0.15) is 11.8 Å². The summed E-state index contributed by atoms with van der Waals surface area (Å²) in [5, 5.41) is 17.7. The van der Waals surface area contributed by atoms with Crippen molar-refractivity contribution in [3.63, 3.8) is 0 Å². The molecule has 0 radical (unpaired) electrons. The van der Waals surface area contributed by atoms with Crippen molar-refractivity contribution in [2.24, 2.45) is 11.8 Å². The zero-order valence-electron chi connectivity index (χ0n) is 7.61. The van der Waals surface area contributed by atoms with Crippen LogP contribution in [0.1, 0.15) is 19.3 Å². The summed E-state index contributed by atoms with van der Waals surface area (Å²) in [5.74, 6) is 1.82. The van der Waals surface area contributed by atoms with Gasteiger partial charge < -0.3 is 10.2 Å². The van der Waals surface area contributed by atoms with E-state index in [0.717, 1.165) is 24.3 Å². The van der Waals surface area contributed by atoms with E-state index in [4.69, 9.17) is 10.2 Å². The lowest BCUT2D eigenvalue weighted by Crippen LogP contribution is -2.25. The number of aliphatic hydroxyl groups is 1. The molecule has 1 rings (SSSR count). The summed E-state index contributed by atoms with van der Waals surface area (Å²) in [7, 11) is 0. The van der Waals surface area contributed by atoms with Crippen LogP contribution >= 0.6 is 11.8 Å². The van der Waals surface area contributed by atoms with Gasteiger partial charge in [-0.3, -0.25) is 4.79 Å². The molecule has 0 amide bonds. The molecule has 0 aromatic carbocycles. The minimum absolute atomic E-state index is 0.0155. The molecule has 1 heterocycles. The minimum atomic E-state index is -0.794. The fourth-order valence-electron chi connectivity index (χ4n) is 1.79. The lowest BCUT2D eigenvalue weighted by molar-refractivity contribution is -0.139. The van der Waals surface area contributed by atoms with Crippen LogP contribution < -0.4 is 0 Å². The minimum Gasteiger partial charge on any atom is -0.481 e. The molecule has 1 saturated heterocycles. The number of carboxylic acids is 1. The molecule has 1 aliphatic heterocycles. The maximum atomic E-state index is 10.5. The molecule has 0 aromatic heterocycles. The van der Waals surface area contributed by atoms with Crippen molar-refractivity contribution in [2.45, 2.75) is 19.3 Å². The van der Waals surface area contributed by atoms with Crippen molar-refractivity contribution in [1.29, 1.82) is 0 Å². The smallest absolute Gasteiger partial charge is 0.303 e. The number of rotatable bonds is 4. The van der Waals surface area contributed by atoms with E-state index in [1.165, 1.54) is 0 Å². The first-order valence-electron chi connectivity index (χ1n) is 4.64. The Labute approximate surface area is 82.5 Å². The molecule has 0 aromatic rings. The monoisotopic (exact) mass is 204 g/mol. The molecule has 13 heavy (non-hydrogen) atoms. The third-order valence-corrected chi connectivity index (χ3v) is 3.65. The molecule has 0 saturated carbocycles. The maximum absolute atomic E-state index is 10.5. The van der Waals surface area contributed by atoms with Gasteiger partial charge in [0.25, 0.3) is 0 Å². The van der Waals surface area contributed by atoms with Gasteiger partial charge in [0, 0.05) is 6.61 Å². The Balaban J connectivity index is 2.39. The first kappa shape index (κ1) is 10.9. The summed E-state index contributed by atoms with van der Waals surface area (Å²) in [4.78, 5) is 10.5. The van der Waals surface area contributed by atoms with Crippen LogP contribution in [0, 0.1) is 11.8 Å². The van der Waals surface area contributed by atoms with Crippen LogP contribution in [0.5, 0.6) is 0 Å². The predicted molar refractivity (Wildman–Crippen MR) is 52.9 cm³/mol. The van der Waals surface area contributed by atoms with Crippen LogP contribution in [0.2, 0.25) is 0 Å². The van der Waals surface area contributed by atoms with Gasteiger partial charge in [0.1, 0.15) is 0 Å². The average Bonchev–Trinajstić information content (AvgIpc) is 2.15. The molecule has 3 nitrogen and oxygen atoms in total. The van der Waals surface area contributed by atoms with Crippen molar-refractivity contribution in [2.75, 3.05) is 18.1 Å². The topological polar surface area (TPSA) is 57.5 Å². The molecule has 0 bridgehead atoms. The number of hydrogen-bond donors (Lipinski definition) is 2. The van der Waals surface area contributed by atoms with Crippen LogP contribution in [-0.4, -0.2) is 34.3 Å². The summed E-state index contributed by atoms with van der Waals surface area (Å²) in [6, 6.07) is 0. The van der Waals surface area contributed by atoms with E-state index in [0.29, 0.717) is 5.92 Å². The second kappa shape index (κ2) is 5.50. The van der Waals surface area contributed by atoms with Gasteiger partial charge in [0.2, 0.25) is 0 Å². The lowest BCUT2D eigenvalue weighted by Gasteiger charge is -2.27. The van der Waals surface area contributed by atoms with Crippen LogP contribution in [0.25, 0.3) is 0 Å². The Hall–Kier alpha value is -0.220. The van der Waals surface area contributed by atoms with Crippen LogP contribution in [0.3, 0.4) is 0 Å². The second-order valence-corrected chi connectivity index (χ2v) is 4.72. The van der Waals surface area contributed by atoms with Crippen molar-refractivity contribution in [3.8, 4) is 0 Å². The van der Waals surface area contributed by atoms with Gasteiger partial charge >= 0.3 is 5.97 Å². The van der Waals surface area contributed by atoms with Crippen molar-refractivity contribution < 1.29 is 15.0 Å². The fraction of sp³-hybridized carbons (Fsp3) is 0.889. The molecular weight excluding hydrogens is 188 g/mol. The number of hydrogen-bond acceptors (Lipinski definition) is 3. The van der Waals surface area contributed by atoms with Gasteiger partial charge in [0.15, 0.2) is 0 Å². The average molecular weight is 204 g/mol. The quantitative estimate of drug-likeness (QED) is 0.722. The third-order valence-electron chi connectivity index (χ3n) is 2.60. The second-order valence-electron chi connectivity index (χ2n) is 3.49. The summed E-state index contributed by atoms with van der Waals surface area (Å²) < 4.78 is 0. The number of carbonyl (C=O) groups is 1. The fourth-order valence-corrected chi connectivity index (χ4v) is 2.93. The maximum Gasteiger partial charge on any atom is 0.303 e. The van der Waals surface area contributed by atoms with Crippen LogP contribution in [-0.2, 0) is 4.79 Å². The Morgan fingerprint density at radius 1 is 1.46 bits per heavy atom. The summed E-state index contributed by atoms with van der Waals surface area (Å²) in [6.07, 6.45) is 2.23. The van der Waals surface area contributed by atoms with Gasteiger partial charge in [-0.25, -0.2) is 0 Å². The molecule has 1 unspecified atom stereocenters. The van der Waals surface area contributed by atoms with Crippen molar-refractivity contribution >= 4 is 17.7 Å². The number of carboxylic acid groups (broad SMARTS) is 1. The zero-order chi connectivity index (χ0) is 9.68. The van der Waals surface area contributed by atoms with Gasteiger partial charge in [-0.1, -0.05) is 0 Å². The molecule has 1 fully saturated rings. The third kappa shape index (κ3) is 3.56. The Morgan fingerprint density at radius 2 is 2.08 bits per heavy atom. The Kier molecular flexibility index (Phi) is 4.59. The molecule has 0 aliphatic carbocycles. The number of aliphatic hydroxyl groups excluding tert-OH is 1. The normalized spacial score (nSPS) is 21.3. The predicted octanol–water partition coefficient (Wildman–Crippen LogP) is 1.21. The highest BCUT2D eigenvalue weighted by Gasteiger charge is 2.24. The van der Waals surface area contributed by atoms with Gasteiger partial charge in [-0.15, -0.1) is 0 Å². The summed E-state index contributed by atoms with van der Waals surface area (Å²) in [6.45, 7) is 0.0155. The SMILES string of the molecule is O=C(O)CC(CO)C1CCSCC1. The molecule has 2 N–H and O–H groups in total. The standard InChI is InChI=1S/C9H16O3S/c10-6-8(5-9(11)12)7-1-3-13-4-2-7/h7-8,10H,1-6H2,(H,11,12). The molecule has 1 atom stereocenters. The van der Waals surface area contributed by atoms with Crippen LogP contribution in [0.15, 0.2) is 0 Å².